The van der Waals surface area contributed by atoms with Crippen molar-refractivity contribution in [3.8, 4) is 0 Å². The van der Waals surface area contributed by atoms with Crippen LogP contribution in [0, 0.1) is 0 Å². The fraction of sp³-hybridized carbons (Fsp3) is 0.200. The zero-order valence-corrected chi connectivity index (χ0v) is 14.6. The van der Waals surface area contributed by atoms with Gasteiger partial charge < -0.3 is 9.47 Å². The molecule has 0 aliphatic heterocycles. The lowest BCUT2D eigenvalue weighted by Gasteiger charge is -2.17. The Morgan fingerprint density at radius 3 is 1.54 bits per heavy atom. The molecule has 0 spiro atoms. The molecule has 1 aliphatic rings. The van der Waals surface area contributed by atoms with E-state index in [2.05, 4.69) is 9.98 Å². The minimum Gasteiger partial charge on any atom is -0.483 e. The zero-order chi connectivity index (χ0) is 18.5. The highest BCUT2D eigenvalue weighted by Crippen LogP contribution is 2.32. The van der Waals surface area contributed by atoms with E-state index < -0.39 is 0 Å². The normalized spacial score (nSPS) is 13.2. The highest BCUT2D eigenvalue weighted by Gasteiger charge is 2.30. The minimum atomic E-state index is -0.205. The number of ketones is 2. The summed E-state index contributed by atoms with van der Waals surface area (Å²) in [5, 5.41) is 0. The highest BCUT2D eigenvalue weighted by atomic mass is 16.5. The first kappa shape index (κ1) is 17.5. The van der Waals surface area contributed by atoms with E-state index in [-0.39, 0.29) is 11.6 Å². The van der Waals surface area contributed by atoms with Crippen LogP contribution in [0.2, 0.25) is 0 Å². The van der Waals surface area contributed by atoms with Gasteiger partial charge in [-0.2, -0.15) is 0 Å². The average molecular weight is 350 g/mol. The Labute approximate surface area is 151 Å². The fourth-order valence-corrected chi connectivity index (χ4v) is 2.63. The lowest BCUT2D eigenvalue weighted by molar-refractivity contribution is 0.0979. The lowest BCUT2D eigenvalue weighted by Crippen LogP contribution is -2.20. The summed E-state index contributed by atoms with van der Waals surface area (Å²) < 4.78 is 10.1. The summed E-state index contributed by atoms with van der Waals surface area (Å²) in [5.74, 6) is -0.410. The van der Waals surface area contributed by atoms with Crippen LogP contribution in [0.5, 0.6) is 0 Å². The van der Waals surface area contributed by atoms with Crippen molar-refractivity contribution in [2.24, 2.45) is 9.98 Å². The first-order valence-corrected chi connectivity index (χ1v) is 8.31. The molecule has 0 saturated carbocycles. The van der Waals surface area contributed by atoms with Crippen molar-refractivity contribution in [2.75, 3.05) is 13.2 Å². The Kier molecular flexibility index (Phi) is 5.22. The smallest absolute Gasteiger partial charge is 0.194 e. The first-order chi connectivity index (χ1) is 12.7. The minimum absolute atomic E-state index is 0.205. The Bertz CT molecular complexity index is 841. The summed E-state index contributed by atoms with van der Waals surface area (Å²) in [6, 6.07) is 9.81. The number of aliphatic imine (C=N–C) groups is 2. The molecule has 6 nitrogen and oxygen atoms in total. The fourth-order valence-electron chi connectivity index (χ4n) is 2.63. The third-order valence-corrected chi connectivity index (χ3v) is 3.87. The van der Waals surface area contributed by atoms with Crippen LogP contribution in [-0.4, -0.2) is 37.6 Å². The van der Waals surface area contributed by atoms with Crippen molar-refractivity contribution < 1.29 is 19.1 Å². The number of ether oxygens (including phenoxy) is 2. The predicted octanol–water partition coefficient (Wildman–Crippen LogP) is 3.85. The molecule has 0 bridgehead atoms. The average Bonchev–Trinajstić information content (AvgIpc) is 2.66. The van der Waals surface area contributed by atoms with E-state index in [4.69, 9.17) is 9.47 Å². The number of hydrogen-bond donors (Lipinski definition) is 0. The molecular formula is C20H18N2O4. The van der Waals surface area contributed by atoms with E-state index in [0.717, 1.165) is 0 Å². The maximum Gasteiger partial charge on any atom is 0.194 e. The Hall–Kier alpha value is -3.28. The molecule has 2 aromatic rings. The molecule has 0 unspecified atom stereocenters. The van der Waals surface area contributed by atoms with Crippen LogP contribution >= 0.6 is 0 Å². The summed E-state index contributed by atoms with van der Waals surface area (Å²) in [4.78, 5) is 33.9. The second-order valence-electron chi connectivity index (χ2n) is 5.50. The zero-order valence-electron chi connectivity index (χ0n) is 14.6. The molecule has 0 aromatic heterocycles. The third-order valence-electron chi connectivity index (χ3n) is 3.87. The number of carbonyl (C=O) groups is 2. The Balaban J connectivity index is 1.97. The van der Waals surface area contributed by atoms with Gasteiger partial charge in [0, 0.05) is 22.3 Å². The second-order valence-corrected chi connectivity index (χ2v) is 5.50. The molecular weight excluding hydrogens is 332 g/mol. The van der Waals surface area contributed by atoms with Crippen LogP contribution in [0.1, 0.15) is 45.7 Å². The van der Waals surface area contributed by atoms with Crippen LogP contribution in [-0.2, 0) is 9.47 Å². The molecule has 0 atom stereocenters. The molecule has 6 heteroatoms. The number of nitrogens with zero attached hydrogens (tertiary/aromatic N) is 2. The van der Waals surface area contributed by atoms with E-state index in [9.17, 15) is 9.59 Å². The van der Waals surface area contributed by atoms with Gasteiger partial charge in [-0.05, 0) is 50.2 Å². The summed E-state index contributed by atoms with van der Waals surface area (Å²) in [6.07, 6.45) is 2.65. The molecule has 26 heavy (non-hydrogen) atoms. The molecule has 0 fully saturated rings. The third kappa shape index (κ3) is 3.39. The van der Waals surface area contributed by atoms with Crippen LogP contribution in [0.4, 0.5) is 11.4 Å². The summed E-state index contributed by atoms with van der Waals surface area (Å²) in [5.41, 5.74) is 2.53. The summed E-state index contributed by atoms with van der Waals surface area (Å²) >= 11 is 0. The first-order valence-electron chi connectivity index (χ1n) is 8.31. The summed E-state index contributed by atoms with van der Waals surface area (Å²) in [6.45, 7) is 4.72. The largest absolute Gasteiger partial charge is 0.483 e. The van der Waals surface area contributed by atoms with Gasteiger partial charge >= 0.3 is 0 Å². The van der Waals surface area contributed by atoms with Crippen molar-refractivity contribution >= 4 is 35.7 Å². The van der Waals surface area contributed by atoms with Gasteiger partial charge in [0.2, 0.25) is 0 Å². The number of carbonyl (C=O) groups excluding carboxylic acids is 2. The number of benzene rings is 2. The second kappa shape index (κ2) is 7.74. The SMILES string of the molecule is CCOC=Nc1ccc2c(c1)C(=O)c1ccc(N=COCC)cc1C2=O. The maximum absolute atomic E-state index is 12.8. The van der Waals surface area contributed by atoms with Gasteiger partial charge in [0.05, 0.1) is 24.6 Å². The number of fused-ring (bicyclic) bond motifs is 2. The molecule has 0 N–H and O–H groups in total. The molecule has 2 aromatic carbocycles. The van der Waals surface area contributed by atoms with Gasteiger partial charge in [-0.1, -0.05) is 0 Å². The topological polar surface area (TPSA) is 77.3 Å². The van der Waals surface area contributed by atoms with Crippen LogP contribution in [0.3, 0.4) is 0 Å². The van der Waals surface area contributed by atoms with Crippen molar-refractivity contribution in [3.05, 3.63) is 58.7 Å². The van der Waals surface area contributed by atoms with Gasteiger partial charge in [-0.3, -0.25) is 9.59 Å². The lowest BCUT2D eigenvalue weighted by atomic mass is 9.83. The van der Waals surface area contributed by atoms with Crippen molar-refractivity contribution in [2.45, 2.75) is 13.8 Å². The van der Waals surface area contributed by atoms with E-state index in [0.29, 0.717) is 46.8 Å². The maximum atomic E-state index is 12.8. The molecule has 0 amide bonds. The van der Waals surface area contributed by atoms with Gasteiger partial charge in [0.25, 0.3) is 0 Å². The van der Waals surface area contributed by atoms with Gasteiger partial charge in [-0.15, -0.1) is 0 Å². The van der Waals surface area contributed by atoms with E-state index >= 15 is 0 Å². The molecule has 3 rings (SSSR count). The van der Waals surface area contributed by atoms with Gasteiger partial charge in [-0.25, -0.2) is 9.98 Å². The highest BCUT2D eigenvalue weighted by molar-refractivity contribution is 6.28. The molecule has 0 saturated heterocycles. The van der Waals surface area contributed by atoms with Gasteiger partial charge in [0.15, 0.2) is 24.4 Å². The quantitative estimate of drug-likeness (QED) is 0.500. The number of hydrogen-bond acceptors (Lipinski definition) is 6. The van der Waals surface area contributed by atoms with Gasteiger partial charge in [0.1, 0.15) is 0 Å². The number of rotatable bonds is 6. The van der Waals surface area contributed by atoms with Crippen molar-refractivity contribution in [1.82, 2.24) is 0 Å². The molecule has 0 radical (unpaired) electrons. The summed E-state index contributed by atoms with van der Waals surface area (Å²) in [7, 11) is 0. The van der Waals surface area contributed by atoms with Crippen molar-refractivity contribution in [3.63, 3.8) is 0 Å². The van der Waals surface area contributed by atoms with Crippen LogP contribution < -0.4 is 0 Å². The van der Waals surface area contributed by atoms with E-state index in [1.54, 1.807) is 36.4 Å². The Morgan fingerprint density at radius 2 is 1.15 bits per heavy atom. The van der Waals surface area contributed by atoms with E-state index in [1.807, 2.05) is 13.8 Å². The van der Waals surface area contributed by atoms with Crippen LogP contribution in [0.15, 0.2) is 46.4 Å². The molecule has 1 aliphatic carbocycles. The standard InChI is InChI=1S/C20H18N2O4/c1-3-25-11-21-13-5-7-15-17(9-13)19(23)16-8-6-14(22-12-26-4-2)10-18(16)20(15)24/h5-12H,3-4H2,1-2H3. The van der Waals surface area contributed by atoms with E-state index in [1.165, 1.54) is 12.8 Å². The van der Waals surface area contributed by atoms with Crippen molar-refractivity contribution in [1.29, 1.82) is 0 Å². The molecule has 0 heterocycles. The van der Waals surface area contributed by atoms with Crippen LogP contribution in [0.25, 0.3) is 0 Å². The molecule has 132 valence electrons. The Morgan fingerprint density at radius 1 is 0.731 bits per heavy atom. The predicted molar refractivity (Wildman–Crippen MR) is 99.3 cm³/mol. The monoisotopic (exact) mass is 350 g/mol.